The Morgan fingerprint density at radius 3 is 2.14 bits per heavy atom. The molecule has 21 heavy (non-hydrogen) atoms. The number of hydrogen-bond acceptors (Lipinski definition) is 4. The molecule has 116 valence electrons. The van der Waals surface area contributed by atoms with Crippen LogP contribution >= 0.6 is 12.2 Å². The number of ether oxygens (including phenoxy) is 2. The second kappa shape index (κ2) is 8.13. The zero-order chi connectivity index (χ0) is 16.0. The molecule has 0 unspecified atom stereocenters. The molecule has 0 aliphatic rings. The van der Waals surface area contributed by atoms with Crippen LogP contribution in [0.4, 0.5) is 0 Å². The first-order chi connectivity index (χ1) is 9.87. The highest BCUT2D eigenvalue weighted by atomic mass is 32.1. The molecule has 0 saturated heterocycles. The first-order valence-electron chi connectivity index (χ1n) is 7.12. The van der Waals surface area contributed by atoms with E-state index in [4.69, 9.17) is 21.7 Å². The fourth-order valence-corrected chi connectivity index (χ4v) is 2.77. The van der Waals surface area contributed by atoms with Gasteiger partial charge in [-0.25, -0.2) is 0 Å². The Labute approximate surface area is 132 Å². The minimum Gasteiger partial charge on any atom is -0.496 e. The molecule has 1 rings (SSSR count). The normalized spacial score (nSPS) is 10.6. The molecule has 1 aromatic rings. The monoisotopic (exact) mass is 308 g/mol. The molecule has 0 N–H and O–H groups in total. The molecule has 0 amide bonds. The third kappa shape index (κ3) is 5.46. The van der Waals surface area contributed by atoms with E-state index in [0.717, 1.165) is 33.9 Å². The summed E-state index contributed by atoms with van der Waals surface area (Å²) in [6.07, 6.45) is 1.54. The fraction of sp³-hybridized carbons (Fsp3) is 0.529. The van der Waals surface area contributed by atoms with Gasteiger partial charge in [0.1, 0.15) is 17.3 Å². The zero-order valence-electron chi connectivity index (χ0n) is 13.5. The van der Waals surface area contributed by atoms with Gasteiger partial charge in [-0.15, -0.1) is 0 Å². The van der Waals surface area contributed by atoms with Crippen LogP contribution in [0, 0.1) is 12.8 Å². The maximum atomic E-state index is 12.1. The highest BCUT2D eigenvalue weighted by Gasteiger charge is 2.13. The van der Waals surface area contributed by atoms with E-state index in [0.29, 0.717) is 18.8 Å². The SMILES string of the molecule is COc1cc(CC(=O)CC(=S)CC(C)C)cc(OC)c1C. The van der Waals surface area contributed by atoms with Gasteiger partial charge in [0.2, 0.25) is 0 Å². The van der Waals surface area contributed by atoms with Gasteiger partial charge in [0.15, 0.2) is 0 Å². The van der Waals surface area contributed by atoms with Crippen LogP contribution in [0.15, 0.2) is 12.1 Å². The lowest BCUT2D eigenvalue weighted by Gasteiger charge is -2.12. The van der Waals surface area contributed by atoms with Crippen molar-refractivity contribution in [3.05, 3.63) is 23.3 Å². The standard InChI is InChI=1S/C17H24O3S/c1-11(2)6-15(21)10-14(18)7-13-8-16(19-4)12(3)17(9-13)20-5/h8-9,11H,6-7,10H2,1-5H3. The molecule has 0 spiro atoms. The van der Waals surface area contributed by atoms with E-state index in [-0.39, 0.29) is 5.78 Å². The second-order valence-electron chi connectivity index (χ2n) is 5.65. The quantitative estimate of drug-likeness (QED) is 0.682. The smallest absolute Gasteiger partial charge is 0.142 e. The van der Waals surface area contributed by atoms with Crippen LogP contribution < -0.4 is 9.47 Å². The Balaban J connectivity index is 2.78. The van der Waals surface area contributed by atoms with Gasteiger partial charge >= 0.3 is 0 Å². The Hall–Kier alpha value is -1.42. The van der Waals surface area contributed by atoms with Gasteiger partial charge in [0, 0.05) is 23.3 Å². The summed E-state index contributed by atoms with van der Waals surface area (Å²) in [5.74, 6) is 2.10. The predicted octanol–water partition coefficient (Wildman–Crippen LogP) is 3.93. The maximum absolute atomic E-state index is 12.1. The van der Waals surface area contributed by atoms with Gasteiger partial charge in [-0.3, -0.25) is 4.79 Å². The second-order valence-corrected chi connectivity index (χ2v) is 6.23. The van der Waals surface area contributed by atoms with Crippen molar-refractivity contribution in [2.45, 2.75) is 40.0 Å². The van der Waals surface area contributed by atoms with E-state index in [2.05, 4.69) is 13.8 Å². The van der Waals surface area contributed by atoms with E-state index in [1.807, 2.05) is 19.1 Å². The van der Waals surface area contributed by atoms with Crippen molar-refractivity contribution in [1.82, 2.24) is 0 Å². The lowest BCUT2D eigenvalue weighted by Crippen LogP contribution is -2.11. The number of thiocarbonyl (C=S) groups is 1. The van der Waals surface area contributed by atoms with Crippen LogP contribution in [0.1, 0.15) is 37.8 Å². The summed E-state index contributed by atoms with van der Waals surface area (Å²) in [5.41, 5.74) is 1.83. The summed E-state index contributed by atoms with van der Waals surface area (Å²) >= 11 is 5.27. The average molecular weight is 308 g/mol. The molecule has 0 heterocycles. The van der Waals surface area contributed by atoms with Crippen molar-refractivity contribution in [1.29, 1.82) is 0 Å². The van der Waals surface area contributed by atoms with E-state index in [1.54, 1.807) is 14.2 Å². The Bertz CT molecular complexity index is 496. The van der Waals surface area contributed by atoms with Crippen LogP contribution in [0.2, 0.25) is 0 Å². The van der Waals surface area contributed by atoms with Gasteiger partial charge in [0.25, 0.3) is 0 Å². The molecule has 0 saturated carbocycles. The van der Waals surface area contributed by atoms with Crippen LogP contribution in [-0.4, -0.2) is 24.9 Å². The van der Waals surface area contributed by atoms with Crippen molar-refractivity contribution in [3.63, 3.8) is 0 Å². The van der Waals surface area contributed by atoms with Crippen molar-refractivity contribution in [2.24, 2.45) is 5.92 Å². The summed E-state index contributed by atoms with van der Waals surface area (Å²) in [6.45, 7) is 6.14. The summed E-state index contributed by atoms with van der Waals surface area (Å²) in [6, 6.07) is 3.78. The zero-order valence-corrected chi connectivity index (χ0v) is 14.3. The van der Waals surface area contributed by atoms with E-state index >= 15 is 0 Å². The van der Waals surface area contributed by atoms with Gasteiger partial charge in [-0.05, 0) is 37.0 Å². The number of methoxy groups -OCH3 is 2. The first kappa shape index (κ1) is 17.6. The van der Waals surface area contributed by atoms with Gasteiger partial charge in [-0.2, -0.15) is 0 Å². The van der Waals surface area contributed by atoms with Crippen molar-refractivity contribution in [3.8, 4) is 11.5 Å². The van der Waals surface area contributed by atoms with E-state index in [9.17, 15) is 4.79 Å². The van der Waals surface area contributed by atoms with Crippen LogP contribution in [0.5, 0.6) is 11.5 Å². The molecule has 0 bridgehead atoms. The molecule has 1 aromatic carbocycles. The molecule has 0 atom stereocenters. The van der Waals surface area contributed by atoms with Crippen LogP contribution in [0.25, 0.3) is 0 Å². The summed E-state index contributed by atoms with van der Waals surface area (Å²) in [4.78, 5) is 13.0. The molecule has 3 nitrogen and oxygen atoms in total. The van der Waals surface area contributed by atoms with Gasteiger partial charge in [0.05, 0.1) is 14.2 Å². The minimum atomic E-state index is 0.133. The molecule has 0 aliphatic carbocycles. The van der Waals surface area contributed by atoms with E-state index in [1.165, 1.54) is 0 Å². The highest BCUT2D eigenvalue weighted by Crippen LogP contribution is 2.29. The average Bonchev–Trinajstić information content (AvgIpc) is 2.39. The Morgan fingerprint density at radius 1 is 1.19 bits per heavy atom. The summed E-state index contributed by atoms with van der Waals surface area (Å²) < 4.78 is 10.7. The van der Waals surface area contributed by atoms with Gasteiger partial charge in [-0.1, -0.05) is 26.1 Å². The van der Waals surface area contributed by atoms with Gasteiger partial charge < -0.3 is 9.47 Å². The largest absolute Gasteiger partial charge is 0.496 e. The number of hydrogen-bond donors (Lipinski definition) is 0. The molecule has 4 heteroatoms. The third-order valence-corrected chi connectivity index (χ3v) is 3.55. The minimum absolute atomic E-state index is 0.133. The van der Waals surface area contributed by atoms with Crippen LogP contribution in [-0.2, 0) is 11.2 Å². The fourth-order valence-electron chi connectivity index (χ4n) is 2.28. The Kier molecular flexibility index (Phi) is 6.82. The number of carbonyl (C=O) groups excluding carboxylic acids is 1. The molecular formula is C17H24O3S. The number of ketones is 1. The summed E-state index contributed by atoms with van der Waals surface area (Å²) in [5, 5.41) is 0. The topological polar surface area (TPSA) is 35.5 Å². The number of carbonyl (C=O) groups is 1. The molecule has 0 aliphatic heterocycles. The lowest BCUT2D eigenvalue weighted by atomic mass is 10.00. The molecular weight excluding hydrogens is 284 g/mol. The predicted molar refractivity (Wildman–Crippen MR) is 89.7 cm³/mol. The maximum Gasteiger partial charge on any atom is 0.142 e. The Morgan fingerprint density at radius 2 is 1.71 bits per heavy atom. The van der Waals surface area contributed by atoms with Crippen molar-refractivity contribution >= 4 is 22.9 Å². The van der Waals surface area contributed by atoms with E-state index < -0.39 is 0 Å². The van der Waals surface area contributed by atoms with Crippen molar-refractivity contribution < 1.29 is 14.3 Å². The van der Waals surface area contributed by atoms with Crippen molar-refractivity contribution in [2.75, 3.05) is 14.2 Å². The molecule has 0 aromatic heterocycles. The number of Topliss-reactive ketones (excluding diaryl/α,β-unsaturated/α-hetero) is 1. The lowest BCUT2D eigenvalue weighted by molar-refractivity contribution is -0.117. The molecule has 0 radical (unpaired) electrons. The molecule has 0 fully saturated rings. The summed E-state index contributed by atoms with van der Waals surface area (Å²) in [7, 11) is 3.23. The van der Waals surface area contributed by atoms with Crippen LogP contribution in [0.3, 0.4) is 0 Å². The number of rotatable bonds is 8. The number of benzene rings is 1. The first-order valence-corrected chi connectivity index (χ1v) is 7.53. The highest BCUT2D eigenvalue weighted by molar-refractivity contribution is 7.80. The third-order valence-electron chi connectivity index (χ3n) is 3.24.